The second-order valence-corrected chi connectivity index (χ2v) is 10.8. The third-order valence-corrected chi connectivity index (χ3v) is 8.16. The number of anilines is 2. The van der Waals surface area contributed by atoms with E-state index < -0.39 is 0 Å². The van der Waals surface area contributed by atoms with E-state index in [0.717, 1.165) is 82.4 Å². The Kier molecular flexibility index (Phi) is 7.77. The summed E-state index contributed by atoms with van der Waals surface area (Å²) in [6, 6.07) is 10.8. The zero-order valence-electron chi connectivity index (χ0n) is 22.1. The topological polar surface area (TPSA) is 60.9 Å². The van der Waals surface area contributed by atoms with Gasteiger partial charge in [-0.1, -0.05) is 19.4 Å². The van der Waals surface area contributed by atoms with Crippen LogP contribution in [0.5, 0.6) is 0 Å². The average Bonchev–Trinajstić information content (AvgIpc) is 3.40. The van der Waals surface area contributed by atoms with Crippen molar-refractivity contribution in [2.45, 2.75) is 45.4 Å². The molecule has 0 aliphatic carbocycles. The number of hydrogen-bond donors (Lipinski definition) is 1. The minimum absolute atomic E-state index is 0.00965. The van der Waals surface area contributed by atoms with Crippen LogP contribution in [0.2, 0.25) is 0 Å². The number of aromatic nitrogens is 1. The molecule has 0 radical (unpaired) electrons. The van der Waals surface area contributed by atoms with Crippen molar-refractivity contribution in [1.82, 2.24) is 14.8 Å². The molecule has 1 unspecified atom stereocenters. The molecule has 1 aromatic carbocycles. The summed E-state index contributed by atoms with van der Waals surface area (Å²) in [5.41, 5.74) is 5.56. The summed E-state index contributed by atoms with van der Waals surface area (Å²) in [4.78, 5) is 24.8. The maximum absolute atomic E-state index is 12.9. The molecule has 2 atom stereocenters. The fraction of sp³-hybridized carbons (Fsp3) is 0.586. The van der Waals surface area contributed by atoms with E-state index in [1.165, 1.54) is 29.7 Å². The Morgan fingerprint density at radius 1 is 1.08 bits per heavy atom. The van der Waals surface area contributed by atoms with Crippen molar-refractivity contribution >= 4 is 17.5 Å². The van der Waals surface area contributed by atoms with Gasteiger partial charge in [-0.25, -0.2) is 9.78 Å². The van der Waals surface area contributed by atoms with Gasteiger partial charge in [-0.05, 0) is 86.7 Å². The van der Waals surface area contributed by atoms with E-state index in [1.807, 2.05) is 11.0 Å². The molecule has 5 rings (SSSR count). The largest absolute Gasteiger partial charge is 0.378 e. The predicted octanol–water partition coefficient (Wildman–Crippen LogP) is 4.97. The Morgan fingerprint density at radius 2 is 1.92 bits per heavy atom. The summed E-state index contributed by atoms with van der Waals surface area (Å²) in [7, 11) is 2.21. The van der Waals surface area contributed by atoms with Crippen molar-refractivity contribution in [3.05, 3.63) is 41.6 Å². The first-order valence-electron chi connectivity index (χ1n) is 13.7. The second-order valence-electron chi connectivity index (χ2n) is 10.8. The number of rotatable bonds is 5. The van der Waals surface area contributed by atoms with Crippen LogP contribution in [0.15, 0.2) is 30.3 Å². The Labute approximate surface area is 215 Å². The summed E-state index contributed by atoms with van der Waals surface area (Å²) < 4.78 is 5.60. The molecule has 2 aromatic rings. The van der Waals surface area contributed by atoms with Gasteiger partial charge < -0.3 is 24.8 Å². The van der Waals surface area contributed by atoms with Crippen LogP contribution >= 0.6 is 0 Å². The number of carbonyl (C=O) groups excluding carboxylic acids is 1. The van der Waals surface area contributed by atoms with Crippen LogP contribution in [0.25, 0.3) is 11.1 Å². The fourth-order valence-corrected chi connectivity index (χ4v) is 5.83. The summed E-state index contributed by atoms with van der Waals surface area (Å²) in [5.74, 6) is 2.10. The number of piperidine rings is 1. The quantitative estimate of drug-likeness (QED) is 0.640. The zero-order valence-corrected chi connectivity index (χ0v) is 22.1. The molecule has 0 bridgehead atoms. The molecule has 7 nitrogen and oxygen atoms in total. The minimum atomic E-state index is 0.00965. The number of urea groups is 1. The molecule has 3 fully saturated rings. The molecule has 4 heterocycles. The first-order valence-corrected chi connectivity index (χ1v) is 13.7. The molecule has 2 amide bonds. The number of benzene rings is 1. The van der Waals surface area contributed by atoms with Crippen molar-refractivity contribution in [1.29, 1.82) is 0 Å². The highest BCUT2D eigenvalue weighted by atomic mass is 16.5. The first kappa shape index (κ1) is 25.0. The first-order chi connectivity index (χ1) is 17.5. The zero-order chi connectivity index (χ0) is 25.1. The lowest BCUT2D eigenvalue weighted by Crippen LogP contribution is -2.37. The Bertz CT molecular complexity index is 1070. The van der Waals surface area contributed by atoms with Gasteiger partial charge in [-0.15, -0.1) is 0 Å². The highest BCUT2D eigenvalue weighted by molar-refractivity contribution is 5.90. The summed E-state index contributed by atoms with van der Waals surface area (Å²) in [6.45, 7) is 11.5. The van der Waals surface area contributed by atoms with Crippen LogP contribution in [0, 0.1) is 12.8 Å². The minimum Gasteiger partial charge on any atom is -0.378 e. The van der Waals surface area contributed by atoms with Gasteiger partial charge in [-0.2, -0.15) is 0 Å². The third kappa shape index (κ3) is 5.68. The number of nitrogens with zero attached hydrogens (tertiary/aromatic N) is 4. The summed E-state index contributed by atoms with van der Waals surface area (Å²) in [5, 5.41) is 3.17. The molecular formula is C29H41N5O2. The molecule has 36 heavy (non-hydrogen) atoms. The second kappa shape index (κ2) is 11.2. The molecule has 1 aromatic heterocycles. The average molecular weight is 492 g/mol. The van der Waals surface area contributed by atoms with Crippen LogP contribution in [0.3, 0.4) is 0 Å². The maximum Gasteiger partial charge on any atom is 0.321 e. The van der Waals surface area contributed by atoms with Crippen LogP contribution in [-0.4, -0.2) is 80.3 Å². The van der Waals surface area contributed by atoms with Gasteiger partial charge in [-0.3, -0.25) is 0 Å². The fourth-order valence-electron chi connectivity index (χ4n) is 5.83. The van der Waals surface area contributed by atoms with E-state index in [0.29, 0.717) is 11.8 Å². The molecule has 194 valence electrons. The highest BCUT2D eigenvalue weighted by Gasteiger charge is 2.26. The predicted molar refractivity (Wildman–Crippen MR) is 146 cm³/mol. The van der Waals surface area contributed by atoms with Crippen molar-refractivity contribution in [2.24, 2.45) is 5.92 Å². The van der Waals surface area contributed by atoms with Crippen LogP contribution < -0.4 is 10.2 Å². The lowest BCUT2D eigenvalue weighted by atomic mass is 9.92. The monoisotopic (exact) mass is 491 g/mol. The summed E-state index contributed by atoms with van der Waals surface area (Å²) in [6.07, 6.45) is 4.61. The van der Waals surface area contributed by atoms with Gasteiger partial charge >= 0.3 is 6.03 Å². The van der Waals surface area contributed by atoms with E-state index in [2.05, 4.69) is 60.3 Å². The van der Waals surface area contributed by atoms with E-state index in [-0.39, 0.29) is 6.03 Å². The van der Waals surface area contributed by atoms with E-state index in [9.17, 15) is 4.79 Å². The molecular weight excluding hydrogens is 450 g/mol. The lowest BCUT2D eigenvalue weighted by Gasteiger charge is -2.32. The third-order valence-electron chi connectivity index (χ3n) is 8.16. The van der Waals surface area contributed by atoms with E-state index >= 15 is 0 Å². The van der Waals surface area contributed by atoms with E-state index in [4.69, 9.17) is 9.72 Å². The van der Waals surface area contributed by atoms with Gasteiger partial charge in [0.2, 0.25) is 0 Å². The standard InChI is InChI=1S/C29H41N5O2/c1-4-22-9-11-34(19-22)29(35)30-25-8-7-21(2)26(18-25)24-16-27(23-6-5-10-32(3)20-23)31-28(17-24)33-12-14-36-15-13-33/h7-8,16-18,22-23H,4-6,9-15,19-20H2,1-3H3,(H,30,35)/t22-,23?/m1/s1. The van der Waals surface area contributed by atoms with Crippen molar-refractivity contribution in [3.63, 3.8) is 0 Å². The summed E-state index contributed by atoms with van der Waals surface area (Å²) >= 11 is 0. The normalized spacial score (nSPS) is 23.2. The van der Waals surface area contributed by atoms with Crippen LogP contribution in [0.4, 0.5) is 16.3 Å². The Morgan fingerprint density at radius 3 is 2.67 bits per heavy atom. The molecule has 1 N–H and O–H groups in total. The number of hydrogen-bond acceptors (Lipinski definition) is 5. The van der Waals surface area contributed by atoms with Crippen molar-refractivity contribution in [2.75, 3.05) is 69.7 Å². The SMILES string of the molecule is CC[C@@H]1CCN(C(=O)Nc2ccc(C)c(-c3cc(C4CCCN(C)C4)nc(N4CCOCC4)c3)c2)C1. The van der Waals surface area contributed by atoms with Crippen molar-refractivity contribution < 1.29 is 9.53 Å². The van der Waals surface area contributed by atoms with Gasteiger partial charge in [0.1, 0.15) is 5.82 Å². The Hall–Kier alpha value is -2.64. The number of likely N-dealkylation sites (tertiary alicyclic amines) is 2. The molecule has 3 aliphatic heterocycles. The molecule has 0 spiro atoms. The number of ether oxygens (including phenoxy) is 1. The molecule has 7 heteroatoms. The van der Waals surface area contributed by atoms with E-state index in [1.54, 1.807) is 0 Å². The van der Waals surface area contributed by atoms with Gasteiger partial charge in [0, 0.05) is 50.0 Å². The highest BCUT2D eigenvalue weighted by Crippen LogP contribution is 2.34. The Balaban J connectivity index is 1.44. The smallest absolute Gasteiger partial charge is 0.321 e. The molecule has 3 aliphatic rings. The lowest BCUT2D eigenvalue weighted by molar-refractivity contribution is 0.122. The number of aryl methyl sites for hydroxylation is 1. The van der Waals surface area contributed by atoms with Gasteiger partial charge in [0.25, 0.3) is 0 Å². The molecule has 3 saturated heterocycles. The number of nitrogens with one attached hydrogen (secondary N) is 1. The van der Waals surface area contributed by atoms with Gasteiger partial charge in [0.05, 0.1) is 13.2 Å². The number of carbonyl (C=O) groups is 1. The number of morpholine rings is 1. The van der Waals surface area contributed by atoms with Gasteiger partial charge in [0.15, 0.2) is 0 Å². The number of likely N-dealkylation sites (N-methyl/N-ethyl adjacent to an activating group) is 1. The van der Waals surface area contributed by atoms with Crippen molar-refractivity contribution in [3.8, 4) is 11.1 Å². The number of amides is 2. The number of pyridine rings is 1. The van der Waals surface area contributed by atoms with Crippen LogP contribution in [0.1, 0.15) is 49.8 Å². The van der Waals surface area contributed by atoms with Crippen LogP contribution in [-0.2, 0) is 4.74 Å². The molecule has 0 saturated carbocycles. The maximum atomic E-state index is 12.9.